The summed E-state index contributed by atoms with van der Waals surface area (Å²) in [4.78, 5) is 17.9. The molecule has 0 aromatic carbocycles. The van der Waals surface area contributed by atoms with Crippen LogP contribution in [0.3, 0.4) is 0 Å². The number of terminal acetylenes is 1. The van der Waals surface area contributed by atoms with E-state index in [1.165, 1.54) is 0 Å². The molecular formula is C17H27N7. The highest BCUT2D eigenvalue weighted by atomic mass is 15.3. The fourth-order valence-corrected chi connectivity index (χ4v) is 2.59. The highest BCUT2D eigenvalue weighted by Gasteiger charge is 2.17. The highest BCUT2D eigenvalue weighted by Crippen LogP contribution is 2.09. The predicted octanol–water partition coefficient (Wildman–Crippen LogP) is 0.177. The molecule has 130 valence electrons. The van der Waals surface area contributed by atoms with Crippen molar-refractivity contribution in [3.63, 3.8) is 0 Å². The van der Waals surface area contributed by atoms with Crippen molar-refractivity contribution in [1.29, 1.82) is 0 Å². The van der Waals surface area contributed by atoms with Gasteiger partial charge in [0.25, 0.3) is 0 Å². The van der Waals surface area contributed by atoms with Crippen LogP contribution in [0.2, 0.25) is 0 Å². The minimum absolute atomic E-state index is 0.495. The summed E-state index contributed by atoms with van der Waals surface area (Å²) in [6.07, 6.45) is 9.89. The lowest BCUT2D eigenvalue weighted by Crippen LogP contribution is -2.47. The van der Waals surface area contributed by atoms with E-state index < -0.39 is 0 Å². The SMILES string of the molecule is C#CCNC(=NCCCN1CCN(c2ncccn2)CC1)NCC. The van der Waals surface area contributed by atoms with Crippen molar-refractivity contribution >= 4 is 11.9 Å². The Morgan fingerprint density at radius 1 is 1.25 bits per heavy atom. The highest BCUT2D eigenvalue weighted by molar-refractivity contribution is 5.79. The first-order chi connectivity index (χ1) is 11.8. The molecule has 7 heteroatoms. The maximum Gasteiger partial charge on any atom is 0.225 e. The molecule has 0 amide bonds. The maximum atomic E-state index is 5.26. The third-order valence-corrected chi connectivity index (χ3v) is 3.81. The van der Waals surface area contributed by atoms with Gasteiger partial charge in [-0.2, -0.15) is 0 Å². The zero-order chi connectivity index (χ0) is 17.0. The van der Waals surface area contributed by atoms with Crippen LogP contribution in [-0.4, -0.2) is 73.2 Å². The van der Waals surface area contributed by atoms with Crippen LogP contribution < -0.4 is 15.5 Å². The number of piperazine rings is 1. The predicted molar refractivity (Wildman–Crippen MR) is 98.1 cm³/mol. The molecule has 0 bridgehead atoms. The van der Waals surface area contributed by atoms with Gasteiger partial charge in [-0.1, -0.05) is 5.92 Å². The number of nitrogens with one attached hydrogen (secondary N) is 2. The van der Waals surface area contributed by atoms with Gasteiger partial charge in [0, 0.05) is 58.2 Å². The van der Waals surface area contributed by atoms with Gasteiger partial charge in [0.05, 0.1) is 6.54 Å². The number of hydrogen-bond acceptors (Lipinski definition) is 5. The minimum Gasteiger partial charge on any atom is -0.357 e. The Balaban J connectivity index is 1.66. The summed E-state index contributed by atoms with van der Waals surface area (Å²) in [5.74, 6) is 4.18. The molecule has 1 fully saturated rings. The van der Waals surface area contributed by atoms with Crippen LogP contribution >= 0.6 is 0 Å². The van der Waals surface area contributed by atoms with Crippen molar-refractivity contribution in [1.82, 2.24) is 25.5 Å². The largest absolute Gasteiger partial charge is 0.357 e. The van der Waals surface area contributed by atoms with Crippen LogP contribution in [-0.2, 0) is 0 Å². The zero-order valence-corrected chi connectivity index (χ0v) is 14.4. The zero-order valence-electron chi connectivity index (χ0n) is 14.4. The van der Waals surface area contributed by atoms with Gasteiger partial charge in [-0.05, 0) is 19.4 Å². The van der Waals surface area contributed by atoms with Gasteiger partial charge in [0.2, 0.25) is 5.95 Å². The standard InChI is InChI=1S/C17H27N7/c1-3-7-19-16(18-4-2)20-10-6-11-23-12-14-24(15-13-23)17-21-8-5-9-22-17/h1,5,8-9H,4,6-7,10-15H2,2H3,(H2,18,19,20). The molecule has 0 unspecified atom stereocenters. The Morgan fingerprint density at radius 3 is 2.67 bits per heavy atom. The van der Waals surface area contributed by atoms with Crippen molar-refractivity contribution in [3.8, 4) is 12.3 Å². The number of hydrogen-bond donors (Lipinski definition) is 2. The average molecular weight is 329 g/mol. The van der Waals surface area contributed by atoms with E-state index >= 15 is 0 Å². The normalized spacial score (nSPS) is 15.8. The summed E-state index contributed by atoms with van der Waals surface area (Å²) in [6, 6.07) is 1.85. The smallest absolute Gasteiger partial charge is 0.225 e. The van der Waals surface area contributed by atoms with Gasteiger partial charge < -0.3 is 15.5 Å². The van der Waals surface area contributed by atoms with E-state index in [1.54, 1.807) is 12.4 Å². The van der Waals surface area contributed by atoms with Gasteiger partial charge in [-0.3, -0.25) is 9.89 Å². The summed E-state index contributed by atoms with van der Waals surface area (Å²) < 4.78 is 0. The molecule has 1 aliphatic heterocycles. The van der Waals surface area contributed by atoms with Crippen LogP contribution in [0.4, 0.5) is 5.95 Å². The van der Waals surface area contributed by atoms with E-state index in [0.717, 1.165) is 64.1 Å². The van der Waals surface area contributed by atoms with Gasteiger partial charge in [0.1, 0.15) is 0 Å². The Hall–Kier alpha value is -2.33. The first-order valence-electron chi connectivity index (χ1n) is 8.53. The summed E-state index contributed by atoms with van der Waals surface area (Å²) in [5.41, 5.74) is 0. The number of rotatable bonds is 7. The van der Waals surface area contributed by atoms with Crippen LogP contribution in [0.1, 0.15) is 13.3 Å². The fourth-order valence-electron chi connectivity index (χ4n) is 2.59. The van der Waals surface area contributed by atoms with E-state index in [4.69, 9.17) is 6.42 Å². The molecule has 0 aliphatic carbocycles. The van der Waals surface area contributed by atoms with Crippen LogP contribution in [0.25, 0.3) is 0 Å². The Kier molecular flexibility index (Phi) is 7.84. The second-order valence-electron chi connectivity index (χ2n) is 5.55. The molecule has 1 saturated heterocycles. The molecule has 24 heavy (non-hydrogen) atoms. The molecule has 0 atom stereocenters. The summed E-state index contributed by atoms with van der Waals surface area (Å²) in [7, 11) is 0. The molecule has 0 spiro atoms. The summed E-state index contributed by atoms with van der Waals surface area (Å²) in [6.45, 7) is 9.25. The van der Waals surface area contributed by atoms with Crippen molar-refractivity contribution < 1.29 is 0 Å². The van der Waals surface area contributed by atoms with Crippen LogP contribution in [0.15, 0.2) is 23.5 Å². The maximum absolute atomic E-state index is 5.26. The van der Waals surface area contributed by atoms with Crippen molar-refractivity contribution in [2.45, 2.75) is 13.3 Å². The van der Waals surface area contributed by atoms with Crippen LogP contribution in [0, 0.1) is 12.3 Å². The van der Waals surface area contributed by atoms with Gasteiger partial charge in [0.15, 0.2) is 5.96 Å². The van der Waals surface area contributed by atoms with Crippen molar-refractivity contribution in [3.05, 3.63) is 18.5 Å². The molecule has 2 heterocycles. The lowest BCUT2D eigenvalue weighted by molar-refractivity contribution is 0.255. The summed E-state index contributed by atoms with van der Waals surface area (Å²) >= 11 is 0. The lowest BCUT2D eigenvalue weighted by Gasteiger charge is -2.34. The van der Waals surface area contributed by atoms with Gasteiger partial charge >= 0.3 is 0 Å². The Bertz CT molecular complexity index is 530. The average Bonchev–Trinajstić information content (AvgIpc) is 2.64. The lowest BCUT2D eigenvalue weighted by atomic mass is 10.3. The van der Waals surface area contributed by atoms with Crippen molar-refractivity contribution in [2.75, 3.05) is 57.3 Å². The summed E-state index contributed by atoms with van der Waals surface area (Å²) in [5, 5.41) is 6.29. The molecule has 0 saturated carbocycles. The molecule has 1 aromatic heterocycles. The second-order valence-corrected chi connectivity index (χ2v) is 5.55. The van der Waals surface area contributed by atoms with Gasteiger partial charge in [-0.25, -0.2) is 9.97 Å². The van der Waals surface area contributed by atoms with E-state index in [2.05, 4.69) is 41.3 Å². The molecule has 1 aliphatic rings. The number of aromatic nitrogens is 2. The quantitative estimate of drug-likeness (QED) is 0.322. The van der Waals surface area contributed by atoms with Crippen LogP contribution in [0.5, 0.6) is 0 Å². The third kappa shape index (κ3) is 6.05. The van der Waals surface area contributed by atoms with E-state index in [1.807, 2.05) is 13.0 Å². The monoisotopic (exact) mass is 329 g/mol. The number of guanidine groups is 1. The number of anilines is 1. The van der Waals surface area contributed by atoms with Gasteiger partial charge in [-0.15, -0.1) is 6.42 Å². The molecule has 7 nitrogen and oxygen atoms in total. The Labute approximate surface area is 144 Å². The van der Waals surface area contributed by atoms with E-state index in [9.17, 15) is 0 Å². The molecule has 0 radical (unpaired) electrons. The van der Waals surface area contributed by atoms with Crippen molar-refractivity contribution in [2.24, 2.45) is 4.99 Å². The molecule has 1 aromatic rings. The second kappa shape index (κ2) is 10.4. The Morgan fingerprint density at radius 2 is 2.00 bits per heavy atom. The minimum atomic E-state index is 0.495. The third-order valence-electron chi connectivity index (χ3n) is 3.81. The first kappa shape index (κ1) is 18.0. The molecule has 2 N–H and O–H groups in total. The number of nitrogens with zero attached hydrogens (tertiary/aromatic N) is 5. The number of aliphatic imine (C=N–C) groups is 1. The topological polar surface area (TPSA) is 68.7 Å². The molecular weight excluding hydrogens is 302 g/mol. The van der Waals surface area contributed by atoms with E-state index in [0.29, 0.717) is 6.54 Å². The first-order valence-corrected chi connectivity index (χ1v) is 8.53. The molecule has 2 rings (SSSR count). The van der Waals surface area contributed by atoms with E-state index in [-0.39, 0.29) is 0 Å². The fraction of sp³-hybridized carbons (Fsp3) is 0.588.